The summed E-state index contributed by atoms with van der Waals surface area (Å²) in [7, 11) is 0. The Balaban J connectivity index is 1.65. The summed E-state index contributed by atoms with van der Waals surface area (Å²) in [5, 5.41) is 5.91. The lowest BCUT2D eigenvalue weighted by molar-refractivity contribution is -0.142. The zero-order valence-electron chi connectivity index (χ0n) is 18.8. The van der Waals surface area contributed by atoms with Crippen LogP contribution in [0.1, 0.15) is 72.6 Å². The van der Waals surface area contributed by atoms with Gasteiger partial charge in [-0.3, -0.25) is 9.59 Å². The highest BCUT2D eigenvalue weighted by molar-refractivity contribution is 5.92. The molecule has 7 nitrogen and oxygen atoms in total. The predicted molar refractivity (Wildman–Crippen MR) is 115 cm³/mol. The summed E-state index contributed by atoms with van der Waals surface area (Å²) >= 11 is 0. The molecular formula is C23H37N3O4. The first-order valence-electron chi connectivity index (χ1n) is 11.3. The van der Waals surface area contributed by atoms with Crippen LogP contribution in [-0.4, -0.2) is 53.1 Å². The van der Waals surface area contributed by atoms with Crippen molar-refractivity contribution in [2.24, 2.45) is 11.3 Å². The van der Waals surface area contributed by atoms with Gasteiger partial charge in [0.25, 0.3) is 0 Å². The van der Waals surface area contributed by atoms with E-state index in [4.69, 9.17) is 4.74 Å². The van der Waals surface area contributed by atoms with E-state index in [-0.39, 0.29) is 29.4 Å². The lowest BCUT2D eigenvalue weighted by atomic mass is 9.85. The maximum absolute atomic E-state index is 13.4. The zero-order valence-corrected chi connectivity index (χ0v) is 18.8. The minimum atomic E-state index is -0.753. The normalized spacial score (nSPS) is 29.9. The maximum atomic E-state index is 13.4. The van der Waals surface area contributed by atoms with Gasteiger partial charge in [0.2, 0.25) is 11.8 Å². The molecule has 2 saturated carbocycles. The van der Waals surface area contributed by atoms with Crippen molar-refractivity contribution in [3.63, 3.8) is 0 Å². The predicted octanol–water partition coefficient (Wildman–Crippen LogP) is 3.14. The van der Waals surface area contributed by atoms with Gasteiger partial charge >= 0.3 is 6.09 Å². The van der Waals surface area contributed by atoms with Crippen LogP contribution in [0.3, 0.4) is 0 Å². The van der Waals surface area contributed by atoms with Crippen LogP contribution in [0.4, 0.5) is 4.79 Å². The zero-order chi connectivity index (χ0) is 22.1. The minimum Gasteiger partial charge on any atom is -0.446 e. The molecule has 3 amide bonds. The second-order valence-electron chi connectivity index (χ2n) is 10.4. The van der Waals surface area contributed by atoms with Gasteiger partial charge in [-0.15, -0.1) is 6.58 Å². The van der Waals surface area contributed by atoms with Gasteiger partial charge in [-0.1, -0.05) is 26.8 Å². The summed E-state index contributed by atoms with van der Waals surface area (Å²) < 4.78 is 5.51. The fourth-order valence-electron chi connectivity index (χ4n) is 4.68. The van der Waals surface area contributed by atoms with Crippen LogP contribution in [0.15, 0.2) is 12.7 Å². The van der Waals surface area contributed by atoms with Crippen LogP contribution >= 0.6 is 0 Å². The molecule has 1 heterocycles. The number of carbonyl (C=O) groups is 3. The molecule has 0 bridgehead atoms. The lowest BCUT2D eigenvalue weighted by Crippen LogP contribution is -2.58. The van der Waals surface area contributed by atoms with Crippen LogP contribution in [0, 0.1) is 11.3 Å². The van der Waals surface area contributed by atoms with Crippen molar-refractivity contribution < 1.29 is 19.1 Å². The molecule has 30 heavy (non-hydrogen) atoms. The molecule has 2 aliphatic carbocycles. The van der Waals surface area contributed by atoms with E-state index in [2.05, 4.69) is 17.2 Å². The third kappa shape index (κ3) is 4.98. The topological polar surface area (TPSA) is 87.7 Å². The van der Waals surface area contributed by atoms with E-state index < -0.39 is 23.6 Å². The Morgan fingerprint density at radius 1 is 1.17 bits per heavy atom. The molecule has 1 saturated heterocycles. The van der Waals surface area contributed by atoms with Gasteiger partial charge in [-0.05, 0) is 57.3 Å². The molecule has 0 aromatic heterocycles. The Hall–Kier alpha value is -2.05. The SMILES string of the molecule is C=CC1CC1(C)NC(=O)[C@@H]1CCCN1C(=O)[C@@H](NC(=O)OC1CCCC1)C(C)(C)C. The first-order valence-corrected chi connectivity index (χ1v) is 11.3. The second kappa shape index (κ2) is 8.60. The average Bonchev–Trinajstić information content (AvgIpc) is 3.07. The third-order valence-electron chi connectivity index (χ3n) is 6.79. The quantitative estimate of drug-likeness (QED) is 0.648. The van der Waals surface area contributed by atoms with Crippen molar-refractivity contribution in [2.75, 3.05) is 6.54 Å². The Morgan fingerprint density at radius 3 is 2.40 bits per heavy atom. The molecule has 3 fully saturated rings. The van der Waals surface area contributed by atoms with Crippen molar-refractivity contribution in [1.29, 1.82) is 0 Å². The smallest absolute Gasteiger partial charge is 0.408 e. The van der Waals surface area contributed by atoms with Gasteiger partial charge in [0.1, 0.15) is 18.2 Å². The first kappa shape index (κ1) is 22.6. The molecular weight excluding hydrogens is 382 g/mol. The van der Waals surface area contributed by atoms with Crippen LogP contribution in [-0.2, 0) is 14.3 Å². The number of carbonyl (C=O) groups excluding carboxylic acids is 3. The molecule has 0 aromatic carbocycles. The van der Waals surface area contributed by atoms with Crippen LogP contribution in [0.5, 0.6) is 0 Å². The summed E-state index contributed by atoms with van der Waals surface area (Å²) in [6.45, 7) is 12.1. The van der Waals surface area contributed by atoms with Crippen molar-refractivity contribution in [2.45, 2.75) is 96.4 Å². The Bertz CT molecular complexity index is 695. The molecule has 1 aliphatic heterocycles. The number of amides is 3. The lowest BCUT2D eigenvalue weighted by Gasteiger charge is -2.35. The van der Waals surface area contributed by atoms with Gasteiger partial charge in [0.15, 0.2) is 0 Å². The average molecular weight is 420 g/mol. The van der Waals surface area contributed by atoms with Crippen molar-refractivity contribution >= 4 is 17.9 Å². The molecule has 2 unspecified atom stereocenters. The first-order chi connectivity index (χ1) is 14.0. The number of nitrogens with zero attached hydrogens (tertiary/aromatic N) is 1. The molecule has 2 N–H and O–H groups in total. The molecule has 0 radical (unpaired) electrons. The maximum Gasteiger partial charge on any atom is 0.408 e. The van der Waals surface area contributed by atoms with Gasteiger partial charge in [-0.2, -0.15) is 0 Å². The Labute approximate surface area is 180 Å². The van der Waals surface area contributed by atoms with Crippen molar-refractivity contribution in [3.8, 4) is 0 Å². The number of hydrogen-bond donors (Lipinski definition) is 2. The largest absolute Gasteiger partial charge is 0.446 e. The summed E-state index contributed by atoms with van der Waals surface area (Å²) in [6.07, 6.45) is 7.42. The van der Waals surface area contributed by atoms with E-state index >= 15 is 0 Å². The number of hydrogen-bond acceptors (Lipinski definition) is 4. The summed E-state index contributed by atoms with van der Waals surface area (Å²) in [6, 6.07) is -1.25. The minimum absolute atomic E-state index is 0.0666. The number of nitrogens with one attached hydrogen (secondary N) is 2. The number of likely N-dealkylation sites (tertiary alicyclic amines) is 1. The molecule has 3 rings (SSSR count). The van der Waals surface area contributed by atoms with Gasteiger partial charge < -0.3 is 20.3 Å². The highest BCUT2D eigenvalue weighted by atomic mass is 16.6. The summed E-state index contributed by atoms with van der Waals surface area (Å²) in [5.74, 6) is -0.0556. The van der Waals surface area contributed by atoms with Crippen LogP contribution in [0.25, 0.3) is 0 Å². The Morgan fingerprint density at radius 2 is 1.83 bits per heavy atom. The highest BCUT2D eigenvalue weighted by Crippen LogP contribution is 2.44. The van der Waals surface area contributed by atoms with Crippen LogP contribution in [0.2, 0.25) is 0 Å². The van der Waals surface area contributed by atoms with E-state index in [0.29, 0.717) is 13.0 Å². The fourth-order valence-corrected chi connectivity index (χ4v) is 4.68. The van der Waals surface area contributed by atoms with Crippen LogP contribution < -0.4 is 10.6 Å². The number of alkyl carbamates (subject to hydrolysis) is 1. The highest BCUT2D eigenvalue weighted by Gasteiger charge is 2.51. The van der Waals surface area contributed by atoms with Gasteiger partial charge in [0.05, 0.1) is 0 Å². The monoisotopic (exact) mass is 419 g/mol. The summed E-state index contributed by atoms with van der Waals surface area (Å²) in [4.78, 5) is 40.5. The number of rotatable bonds is 6. The summed E-state index contributed by atoms with van der Waals surface area (Å²) in [5.41, 5.74) is -0.769. The standard InChI is InChI=1S/C23H37N3O4/c1-6-15-14-23(15,5)25-19(27)17-12-9-13-26(17)20(28)18(22(2,3)4)24-21(29)30-16-10-7-8-11-16/h6,15-18H,1,7-14H2,2-5H3,(H,24,29)(H,25,27)/t15?,17-,18+,23?/m0/s1. The van der Waals surface area contributed by atoms with E-state index in [1.54, 1.807) is 4.90 Å². The molecule has 3 aliphatic rings. The Kier molecular flexibility index (Phi) is 6.48. The number of ether oxygens (including phenoxy) is 1. The molecule has 168 valence electrons. The van der Waals surface area contributed by atoms with E-state index in [0.717, 1.165) is 38.5 Å². The van der Waals surface area contributed by atoms with E-state index in [9.17, 15) is 14.4 Å². The molecule has 0 aromatic rings. The molecule has 4 atom stereocenters. The third-order valence-corrected chi connectivity index (χ3v) is 6.79. The van der Waals surface area contributed by atoms with E-state index in [1.807, 2.05) is 33.8 Å². The molecule has 0 spiro atoms. The van der Waals surface area contributed by atoms with Gasteiger partial charge in [0, 0.05) is 18.0 Å². The molecule has 7 heteroatoms. The van der Waals surface area contributed by atoms with Crippen molar-refractivity contribution in [3.05, 3.63) is 12.7 Å². The second-order valence-corrected chi connectivity index (χ2v) is 10.4. The van der Waals surface area contributed by atoms with Crippen molar-refractivity contribution in [1.82, 2.24) is 15.5 Å². The van der Waals surface area contributed by atoms with E-state index in [1.165, 1.54) is 0 Å². The van der Waals surface area contributed by atoms with Gasteiger partial charge in [-0.25, -0.2) is 4.79 Å². The fraction of sp³-hybridized carbons (Fsp3) is 0.783.